The van der Waals surface area contributed by atoms with Crippen molar-refractivity contribution in [2.75, 3.05) is 0 Å². The van der Waals surface area contributed by atoms with E-state index in [0.717, 1.165) is 5.69 Å². The van der Waals surface area contributed by atoms with Crippen molar-refractivity contribution in [1.29, 1.82) is 0 Å². The van der Waals surface area contributed by atoms with E-state index in [1.807, 2.05) is 18.2 Å². The highest BCUT2D eigenvalue weighted by Gasteiger charge is 2.11. The Morgan fingerprint density at radius 1 is 1.27 bits per heavy atom. The van der Waals surface area contributed by atoms with E-state index in [0.29, 0.717) is 16.8 Å². The fourth-order valence-electron chi connectivity index (χ4n) is 1.46. The van der Waals surface area contributed by atoms with Gasteiger partial charge >= 0.3 is 0 Å². The van der Waals surface area contributed by atoms with Crippen molar-refractivity contribution in [3.63, 3.8) is 0 Å². The number of hydrogen-bond acceptors (Lipinski definition) is 2. The lowest BCUT2D eigenvalue weighted by Crippen LogP contribution is -2.05. The topological polar surface area (TPSA) is 30.7 Å². The van der Waals surface area contributed by atoms with Gasteiger partial charge < -0.3 is 0 Å². The molecule has 0 aliphatic carbocycles. The van der Waals surface area contributed by atoms with Crippen LogP contribution < -0.4 is 0 Å². The summed E-state index contributed by atoms with van der Waals surface area (Å²) in [5, 5.41) is 4.85. The summed E-state index contributed by atoms with van der Waals surface area (Å²) in [5.41, 5.74) is 1.11. The smallest absolute Gasteiger partial charge is 0.172 e. The molecule has 0 atom stereocenters. The Morgan fingerprint density at radius 2 is 2.07 bits per heavy atom. The van der Waals surface area contributed by atoms with Crippen LogP contribution in [-0.4, -0.2) is 14.8 Å². The number of aromatic nitrogens is 3. The summed E-state index contributed by atoms with van der Waals surface area (Å²) in [6.07, 6.45) is 3.48. The van der Waals surface area contributed by atoms with E-state index in [1.54, 1.807) is 17.1 Å². The van der Waals surface area contributed by atoms with E-state index in [2.05, 4.69) is 23.9 Å². The molecule has 78 valence electrons. The summed E-state index contributed by atoms with van der Waals surface area (Å²) in [4.78, 5) is 4.23. The van der Waals surface area contributed by atoms with Gasteiger partial charge in [-0.15, -0.1) is 0 Å². The van der Waals surface area contributed by atoms with Crippen LogP contribution in [0.1, 0.15) is 25.5 Å². The largest absolute Gasteiger partial charge is 0.236 e. The molecule has 0 saturated heterocycles. The molecule has 2 heterocycles. The average molecular weight is 222 g/mol. The molecule has 0 aromatic carbocycles. The third-order valence-electron chi connectivity index (χ3n) is 2.20. The molecule has 0 saturated carbocycles. The van der Waals surface area contributed by atoms with Crippen molar-refractivity contribution < 1.29 is 0 Å². The molecule has 4 heteroatoms. The molecule has 0 aliphatic heterocycles. The Balaban J connectivity index is 2.55. The molecule has 0 unspecified atom stereocenters. The maximum absolute atomic E-state index is 6.07. The monoisotopic (exact) mass is 221 g/mol. The van der Waals surface area contributed by atoms with Gasteiger partial charge in [0.1, 0.15) is 0 Å². The Hall–Kier alpha value is -1.35. The fourth-order valence-corrected chi connectivity index (χ4v) is 1.66. The van der Waals surface area contributed by atoms with Gasteiger partial charge in [0.05, 0.1) is 5.02 Å². The number of hydrogen-bond donors (Lipinski definition) is 0. The van der Waals surface area contributed by atoms with Crippen molar-refractivity contribution in [2.45, 2.75) is 19.8 Å². The van der Waals surface area contributed by atoms with Gasteiger partial charge in [-0.25, -0.2) is 9.67 Å². The van der Waals surface area contributed by atoms with Crippen molar-refractivity contribution >= 4 is 11.6 Å². The zero-order chi connectivity index (χ0) is 10.8. The predicted molar refractivity (Wildman–Crippen MR) is 60.5 cm³/mol. The quantitative estimate of drug-likeness (QED) is 0.781. The van der Waals surface area contributed by atoms with Crippen molar-refractivity contribution in [1.82, 2.24) is 14.8 Å². The van der Waals surface area contributed by atoms with Gasteiger partial charge in [-0.1, -0.05) is 25.4 Å². The standard InChI is InChI=1S/C11H12ClN3/c1-8(2)10-5-7-14-15(10)11-9(12)4-3-6-13-11/h3-8H,1-2H3. The van der Waals surface area contributed by atoms with Crippen LogP contribution in [0.4, 0.5) is 0 Å². The van der Waals surface area contributed by atoms with Gasteiger partial charge in [-0.2, -0.15) is 5.10 Å². The molecule has 0 amide bonds. The molecule has 3 nitrogen and oxygen atoms in total. The van der Waals surface area contributed by atoms with E-state index < -0.39 is 0 Å². The second-order valence-corrected chi connectivity index (χ2v) is 4.04. The first-order chi connectivity index (χ1) is 7.20. The zero-order valence-corrected chi connectivity index (χ0v) is 9.44. The lowest BCUT2D eigenvalue weighted by Gasteiger charge is -2.09. The molecule has 15 heavy (non-hydrogen) atoms. The molecule has 0 N–H and O–H groups in total. The average Bonchev–Trinajstić information content (AvgIpc) is 2.67. The third-order valence-corrected chi connectivity index (χ3v) is 2.50. The van der Waals surface area contributed by atoms with Gasteiger partial charge in [0.2, 0.25) is 0 Å². The van der Waals surface area contributed by atoms with Gasteiger partial charge in [0.25, 0.3) is 0 Å². The lowest BCUT2D eigenvalue weighted by atomic mass is 10.1. The summed E-state index contributed by atoms with van der Waals surface area (Å²) in [5.74, 6) is 1.08. The number of halogens is 1. The molecular weight excluding hydrogens is 210 g/mol. The summed E-state index contributed by atoms with van der Waals surface area (Å²) < 4.78 is 1.78. The van der Waals surface area contributed by atoms with Crippen LogP contribution >= 0.6 is 11.6 Å². The third kappa shape index (κ3) is 1.88. The highest BCUT2D eigenvalue weighted by Crippen LogP contribution is 2.21. The van der Waals surface area contributed by atoms with E-state index >= 15 is 0 Å². The Morgan fingerprint density at radius 3 is 2.73 bits per heavy atom. The molecule has 0 spiro atoms. The first-order valence-electron chi connectivity index (χ1n) is 4.85. The van der Waals surface area contributed by atoms with Crippen LogP contribution in [-0.2, 0) is 0 Å². The van der Waals surface area contributed by atoms with Gasteiger partial charge in [-0.05, 0) is 24.1 Å². The van der Waals surface area contributed by atoms with Crippen LogP contribution in [0.25, 0.3) is 5.82 Å². The minimum atomic E-state index is 0.394. The minimum Gasteiger partial charge on any atom is -0.236 e. The first-order valence-corrected chi connectivity index (χ1v) is 5.22. The normalized spacial score (nSPS) is 10.9. The van der Waals surface area contributed by atoms with Crippen LogP contribution in [0.5, 0.6) is 0 Å². The SMILES string of the molecule is CC(C)c1ccnn1-c1ncccc1Cl. The summed E-state index contributed by atoms with van der Waals surface area (Å²) in [6, 6.07) is 5.61. The number of pyridine rings is 1. The van der Waals surface area contributed by atoms with Gasteiger partial charge in [0, 0.05) is 18.1 Å². The molecule has 2 aromatic heterocycles. The molecule has 0 bridgehead atoms. The second-order valence-electron chi connectivity index (χ2n) is 3.63. The first kappa shape index (κ1) is 10.2. The predicted octanol–water partition coefficient (Wildman–Crippen LogP) is 3.04. The summed E-state index contributed by atoms with van der Waals surface area (Å²) in [6.45, 7) is 4.23. The fraction of sp³-hybridized carbons (Fsp3) is 0.273. The van der Waals surface area contributed by atoms with E-state index in [1.165, 1.54) is 0 Å². The van der Waals surface area contributed by atoms with E-state index in [9.17, 15) is 0 Å². The maximum atomic E-state index is 6.07. The lowest BCUT2D eigenvalue weighted by molar-refractivity contribution is 0.721. The molecule has 0 aliphatic rings. The second kappa shape index (κ2) is 4.03. The maximum Gasteiger partial charge on any atom is 0.172 e. The molecule has 2 aromatic rings. The highest BCUT2D eigenvalue weighted by molar-refractivity contribution is 6.32. The van der Waals surface area contributed by atoms with Gasteiger partial charge in [-0.3, -0.25) is 0 Å². The number of nitrogens with zero attached hydrogens (tertiary/aromatic N) is 3. The van der Waals surface area contributed by atoms with Crippen LogP contribution in [0.2, 0.25) is 5.02 Å². The molecule has 0 fully saturated rings. The molecule has 0 radical (unpaired) electrons. The van der Waals surface area contributed by atoms with Gasteiger partial charge in [0.15, 0.2) is 5.82 Å². The molecule has 2 rings (SSSR count). The van der Waals surface area contributed by atoms with E-state index in [-0.39, 0.29) is 0 Å². The van der Waals surface area contributed by atoms with Crippen LogP contribution in [0, 0.1) is 0 Å². The van der Waals surface area contributed by atoms with Crippen molar-refractivity contribution in [3.8, 4) is 5.82 Å². The Kier molecular flexibility index (Phi) is 2.73. The Bertz CT molecular complexity index is 462. The summed E-state index contributed by atoms with van der Waals surface area (Å²) >= 11 is 6.07. The highest BCUT2D eigenvalue weighted by atomic mass is 35.5. The van der Waals surface area contributed by atoms with Crippen LogP contribution in [0.3, 0.4) is 0 Å². The van der Waals surface area contributed by atoms with Crippen molar-refractivity contribution in [2.24, 2.45) is 0 Å². The molecular formula is C11H12ClN3. The minimum absolute atomic E-state index is 0.394. The summed E-state index contributed by atoms with van der Waals surface area (Å²) in [7, 11) is 0. The Labute approximate surface area is 93.7 Å². The van der Waals surface area contributed by atoms with Crippen molar-refractivity contribution in [3.05, 3.63) is 41.3 Å². The van der Waals surface area contributed by atoms with Crippen LogP contribution in [0.15, 0.2) is 30.6 Å². The number of rotatable bonds is 2. The zero-order valence-electron chi connectivity index (χ0n) is 8.68. The van der Waals surface area contributed by atoms with E-state index in [4.69, 9.17) is 11.6 Å².